The number of hydrogen-bond acceptors (Lipinski definition) is 2. The fourth-order valence-corrected chi connectivity index (χ4v) is 3.42. The van der Waals surface area contributed by atoms with Gasteiger partial charge in [0.05, 0.1) is 25.9 Å². The lowest BCUT2D eigenvalue weighted by Crippen LogP contribution is -2.46. The fraction of sp³-hybridized carbons (Fsp3) is 0.867. The molecule has 0 spiro atoms. The van der Waals surface area contributed by atoms with Crippen LogP contribution in [0.2, 0.25) is 0 Å². The highest BCUT2D eigenvalue weighted by Gasteiger charge is 2.39. The van der Waals surface area contributed by atoms with Crippen LogP contribution in [-0.2, 0) is 9.47 Å². The molecule has 3 aliphatic rings. The van der Waals surface area contributed by atoms with E-state index in [1.54, 1.807) is 0 Å². The third kappa shape index (κ3) is 2.30. The Kier molecular flexibility index (Phi) is 3.27. The van der Waals surface area contributed by atoms with E-state index in [9.17, 15) is 0 Å². The van der Waals surface area contributed by atoms with Gasteiger partial charge in [-0.25, -0.2) is 0 Å². The molecule has 1 saturated heterocycles. The first-order valence-electron chi connectivity index (χ1n) is 7.17. The standard InChI is InChI=1S/C15H24O2/c1-2-15(9-16-10-15)11-17-14-7-6-12-4-3-5-13(12)8-14/h3-4,12-14H,2,5-11H2,1H3. The second kappa shape index (κ2) is 4.74. The van der Waals surface area contributed by atoms with Gasteiger partial charge >= 0.3 is 0 Å². The summed E-state index contributed by atoms with van der Waals surface area (Å²) >= 11 is 0. The molecule has 0 amide bonds. The molecule has 0 aromatic rings. The summed E-state index contributed by atoms with van der Waals surface area (Å²) in [7, 11) is 0. The molecule has 2 aliphatic carbocycles. The summed E-state index contributed by atoms with van der Waals surface area (Å²) in [6, 6.07) is 0. The number of hydrogen-bond donors (Lipinski definition) is 0. The van der Waals surface area contributed by atoms with Gasteiger partial charge in [-0.15, -0.1) is 0 Å². The van der Waals surface area contributed by atoms with Gasteiger partial charge in [0, 0.05) is 5.41 Å². The zero-order valence-corrected chi connectivity index (χ0v) is 10.9. The first kappa shape index (κ1) is 11.7. The molecule has 3 unspecified atom stereocenters. The van der Waals surface area contributed by atoms with Crippen LogP contribution in [-0.4, -0.2) is 25.9 Å². The van der Waals surface area contributed by atoms with Crippen molar-refractivity contribution in [1.29, 1.82) is 0 Å². The van der Waals surface area contributed by atoms with Crippen molar-refractivity contribution in [2.75, 3.05) is 19.8 Å². The van der Waals surface area contributed by atoms with E-state index in [4.69, 9.17) is 9.47 Å². The summed E-state index contributed by atoms with van der Waals surface area (Å²) in [4.78, 5) is 0. The maximum absolute atomic E-state index is 6.18. The monoisotopic (exact) mass is 236 g/mol. The van der Waals surface area contributed by atoms with E-state index >= 15 is 0 Å². The second-order valence-electron chi connectivity index (χ2n) is 6.18. The van der Waals surface area contributed by atoms with Crippen LogP contribution in [0.1, 0.15) is 39.0 Å². The maximum atomic E-state index is 6.18. The van der Waals surface area contributed by atoms with Crippen LogP contribution in [0.15, 0.2) is 12.2 Å². The van der Waals surface area contributed by atoms with Crippen molar-refractivity contribution in [3.63, 3.8) is 0 Å². The van der Waals surface area contributed by atoms with Crippen LogP contribution in [0, 0.1) is 17.3 Å². The number of fused-ring (bicyclic) bond motifs is 1. The number of rotatable bonds is 4. The summed E-state index contributed by atoms with van der Waals surface area (Å²) < 4.78 is 11.5. The van der Waals surface area contributed by atoms with Crippen molar-refractivity contribution in [2.45, 2.75) is 45.1 Å². The van der Waals surface area contributed by atoms with E-state index in [2.05, 4.69) is 19.1 Å². The topological polar surface area (TPSA) is 18.5 Å². The SMILES string of the molecule is CCC1(COC2CCC3C=CCC3C2)COC1. The Bertz CT molecular complexity index is 288. The van der Waals surface area contributed by atoms with Crippen molar-refractivity contribution in [3.8, 4) is 0 Å². The quantitative estimate of drug-likeness (QED) is 0.698. The van der Waals surface area contributed by atoms with Gasteiger partial charge in [-0.1, -0.05) is 19.1 Å². The van der Waals surface area contributed by atoms with Crippen LogP contribution >= 0.6 is 0 Å². The van der Waals surface area contributed by atoms with E-state index < -0.39 is 0 Å². The summed E-state index contributed by atoms with van der Waals surface area (Å²) in [6.45, 7) is 4.98. The van der Waals surface area contributed by atoms with Crippen LogP contribution < -0.4 is 0 Å². The molecule has 0 bridgehead atoms. The van der Waals surface area contributed by atoms with Crippen LogP contribution in [0.4, 0.5) is 0 Å². The lowest BCUT2D eigenvalue weighted by Gasteiger charge is -2.42. The van der Waals surface area contributed by atoms with E-state index in [0.717, 1.165) is 31.7 Å². The van der Waals surface area contributed by atoms with Gasteiger partial charge in [-0.05, 0) is 43.9 Å². The van der Waals surface area contributed by atoms with Crippen molar-refractivity contribution in [3.05, 3.63) is 12.2 Å². The molecule has 1 aliphatic heterocycles. The van der Waals surface area contributed by atoms with E-state index in [0.29, 0.717) is 11.5 Å². The average molecular weight is 236 g/mol. The Morgan fingerprint density at radius 3 is 2.94 bits per heavy atom. The Hall–Kier alpha value is -0.340. The lowest BCUT2D eigenvalue weighted by atomic mass is 9.79. The molecular weight excluding hydrogens is 212 g/mol. The first-order chi connectivity index (χ1) is 8.31. The number of allylic oxidation sites excluding steroid dienone is 2. The minimum atomic E-state index is 0.352. The molecule has 0 aromatic heterocycles. The second-order valence-corrected chi connectivity index (χ2v) is 6.18. The Labute approximate surface area is 104 Å². The zero-order valence-electron chi connectivity index (χ0n) is 10.9. The Balaban J connectivity index is 1.46. The van der Waals surface area contributed by atoms with Crippen molar-refractivity contribution in [1.82, 2.24) is 0 Å². The predicted octanol–water partition coefficient (Wildman–Crippen LogP) is 3.17. The molecule has 0 aromatic carbocycles. The van der Waals surface area contributed by atoms with E-state index in [1.165, 1.54) is 32.1 Å². The highest BCUT2D eigenvalue weighted by molar-refractivity contribution is 5.03. The highest BCUT2D eigenvalue weighted by Crippen LogP contribution is 2.40. The molecule has 1 saturated carbocycles. The maximum Gasteiger partial charge on any atom is 0.0578 e. The smallest absolute Gasteiger partial charge is 0.0578 e. The molecule has 96 valence electrons. The molecule has 1 heterocycles. The Morgan fingerprint density at radius 1 is 1.35 bits per heavy atom. The molecule has 0 radical (unpaired) electrons. The van der Waals surface area contributed by atoms with Gasteiger partial charge in [0.25, 0.3) is 0 Å². The minimum absolute atomic E-state index is 0.352. The van der Waals surface area contributed by atoms with Gasteiger partial charge in [0.2, 0.25) is 0 Å². The van der Waals surface area contributed by atoms with Gasteiger partial charge < -0.3 is 9.47 Å². The molecule has 2 heteroatoms. The summed E-state index contributed by atoms with van der Waals surface area (Å²) in [5.41, 5.74) is 0.352. The highest BCUT2D eigenvalue weighted by atomic mass is 16.5. The van der Waals surface area contributed by atoms with Gasteiger partial charge in [0.15, 0.2) is 0 Å². The van der Waals surface area contributed by atoms with Crippen molar-refractivity contribution in [2.24, 2.45) is 17.3 Å². The Morgan fingerprint density at radius 2 is 2.24 bits per heavy atom. The molecule has 0 N–H and O–H groups in total. The van der Waals surface area contributed by atoms with E-state index in [1.807, 2.05) is 0 Å². The largest absolute Gasteiger partial charge is 0.380 e. The first-order valence-corrected chi connectivity index (χ1v) is 7.17. The molecule has 3 atom stereocenters. The lowest BCUT2D eigenvalue weighted by molar-refractivity contribution is -0.165. The normalized spacial score (nSPS) is 38.8. The third-order valence-electron chi connectivity index (χ3n) is 5.01. The van der Waals surface area contributed by atoms with Crippen molar-refractivity contribution < 1.29 is 9.47 Å². The van der Waals surface area contributed by atoms with Gasteiger partial charge in [-0.2, -0.15) is 0 Å². The molecule has 3 rings (SSSR count). The molecule has 17 heavy (non-hydrogen) atoms. The summed E-state index contributed by atoms with van der Waals surface area (Å²) in [6.07, 6.45) is 11.6. The fourth-order valence-electron chi connectivity index (χ4n) is 3.42. The molecular formula is C15H24O2. The number of ether oxygens (including phenoxy) is 2. The zero-order chi connectivity index (χ0) is 11.7. The van der Waals surface area contributed by atoms with Crippen LogP contribution in [0.5, 0.6) is 0 Å². The predicted molar refractivity (Wildman–Crippen MR) is 67.9 cm³/mol. The third-order valence-corrected chi connectivity index (χ3v) is 5.01. The van der Waals surface area contributed by atoms with Gasteiger partial charge in [0.1, 0.15) is 0 Å². The van der Waals surface area contributed by atoms with Crippen LogP contribution in [0.25, 0.3) is 0 Å². The summed E-state index contributed by atoms with van der Waals surface area (Å²) in [5, 5.41) is 0. The van der Waals surface area contributed by atoms with Gasteiger partial charge in [-0.3, -0.25) is 0 Å². The average Bonchev–Trinajstić information content (AvgIpc) is 2.75. The minimum Gasteiger partial charge on any atom is -0.380 e. The molecule has 2 nitrogen and oxygen atoms in total. The van der Waals surface area contributed by atoms with Crippen molar-refractivity contribution >= 4 is 0 Å². The van der Waals surface area contributed by atoms with E-state index in [-0.39, 0.29) is 0 Å². The molecule has 2 fully saturated rings. The van der Waals surface area contributed by atoms with Crippen LogP contribution in [0.3, 0.4) is 0 Å². The summed E-state index contributed by atoms with van der Waals surface area (Å²) in [5.74, 6) is 1.74.